The summed E-state index contributed by atoms with van der Waals surface area (Å²) in [5.74, 6) is 0.855. The Bertz CT molecular complexity index is 707. The van der Waals surface area contributed by atoms with Crippen molar-refractivity contribution in [3.05, 3.63) is 18.2 Å². The summed E-state index contributed by atoms with van der Waals surface area (Å²) in [6.45, 7) is 7.80. The van der Waals surface area contributed by atoms with Gasteiger partial charge >= 0.3 is 0 Å². The zero-order chi connectivity index (χ0) is 17.1. The molecule has 1 aliphatic heterocycles. The Kier molecular flexibility index (Phi) is 5.36. The molecule has 1 amide bonds. The van der Waals surface area contributed by atoms with Crippen molar-refractivity contribution >= 4 is 32.6 Å². The minimum absolute atomic E-state index is 0.0719. The molecule has 0 radical (unpaired) electrons. The molecule has 1 saturated heterocycles. The molecular weight excluding hydrogens is 324 g/mol. The first-order chi connectivity index (χ1) is 11.6. The van der Waals surface area contributed by atoms with E-state index in [0.717, 1.165) is 40.5 Å². The van der Waals surface area contributed by atoms with Crippen LogP contribution in [-0.4, -0.2) is 36.8 Å². The summed E-state index contributed by atoms with van der Waals surface area (Å²) in [5, 5.41) is 0.743. The van der Waals surface area contributed by atoms with E-state index in [1.165, 1.54) is 11.3 Å². The summed E-state index contributed by atoms with van der Waals surface area (Å²) in [6.07, 6.45) is 2.17. The van der Waals surface area contributed by atoms with Crippen LogP contribution in [0.15, 0.2) is 18.2 Å². The fourth-order valence-corrected chi connectivity index (χ4v) is 3.84. The molecule has 0 aliphatic carbocycles. The number of carbonyl (C=O) groups excluding carboxylic acids is 1. The van der Waals surface area contributed by atoms with Gasteiger partial charge < -0.3 is 9.47 Å². The summed E-state index contributed by atoms with van der Waals surface area (Å²) in [5.41, 5.74) is 0.896. The lowest BCUT2D eigenvalue weighted by molar-refractivity contribution is -0.121. The molecule has 2 aromatic rings. The van der Waals surface area contributed by atoms with E-state index in [1.54, 1.807) is 4.90 Å². The van der Waals surface area contributed by atoms with Crippen LogP contribution in [0, 0.1) is 5.92 Å². The average molecular weight is 348 g/mol. The van der Waals surface area contributed by atoms with E-state index in [1.807, 2.05) is 39.0 Å². The molecule has 1 aliphatic rings. The molecule has 5 nitrogen and oxygen atoms in total. The molecule has 2 heterocycles. The highest BCUT2D eigenvalue weighted by molar-refractivity contribution is 7.22. The third kappa shape index (κ3) is 3.70. The third-order valence-corrected chi connectivity index (χ3v) is 5.10. The number of nitrogens with zero attached hydrogens (tertiary/aromatic N) is 2. The molecule has 6 heteroatoms. The molecule has 1 atom stereocenters. The highest BCUT2D eigenvalue weighted by atomic mass is 32.1. The number of thiazole rings is 1. The van der Waals surface area contributed by atoms with Crippen molar-refractivity contribution in [3.8, 4) is 5.75 Å². The molecule has 0 bridgehead atoms. The van der Waals surface area contributed by atoms with Gasteiger partial charge in [-0.15, -0.1) is 0 Å². The fraction of sp³-hybridized carbons (Fsp3) is 0.556. The van der Waals surface area contributed by atoms with E-state index < -0.39 is 0 Å². The summed E-state index contributed by atoms with van der Waals surface area (Å²) < 4.78 is 12.3. The smallest absolute Gasteiger partial charge is 0.231 e. The average Bonchev–Trinajstić information content (AvgIpc) is 3.20. The van der Waals surface area contributed by atoms with Crippen molar-refractivity contribution in [3.63, 3.8) is 0 Å². The Labute approximate surface area is 146 Å². The zero-order valence-corrected chi connectivity index (χ0v) is 15.3. The SMILES string of the molecule is CCOc1ccc2nc(N(CC3CCCO3)C(=O)C(C)C)sc2c1. The van der Waals surface area contributed by atoms with E-state index in [4.69, 9.17) is 9.47 Å². The van der Waals surface area contributed by atoms with E-state index in [0.29, 0.717) is 13.2 Å². The minimum atomic E-state index is -0.0719. The third-order valence-electron chi connectivity index (χ3n) is 4.06. The number of fused-ring (bicyclic) bond motifs is 1. The van der Waals surface area contributed by atoms with Crippen LogP contribution < -0.4 is 9.64 Å². The van der Waals surface area contributed by atoms with Crippen molar-refractivity contribution in [1.82, 2.24) is 4.98 Å². The van der Waals surface area contributed by atoms with Gasteiger partial charge in [0.05, 0.1) is 29.5 Å². The second-order valence-corrected chi connectivity index (χ2v) is 7.31. The monoisotopic (exact) mass is 348 g/mol. The number of anilines is 1. The standard InChI is InChI=1S/C18H24N2O3S/c1-4-22-13-7-8-15-16(10-13)24-18(19-15)20(17(21)12(2)3)11-14-6-5-9-23-14/h7-8,10,12,14H,4-6,9,11H2,1-3H3. The first-order valence-electron chi connectivity index (χ1n) is 8.55. The van der Waals surface area contributed by atoms with Gasteiger partial charge in [-0.3, -0.25) is 9.69 Å². The second-order valence-electron chi connectivity index (χ2n) is 6.30. The summed E-state index contributed by atoms with van der Waals surface area (Å²) in [6, 6.07) is 5.86. The lowest BCUT2D eigenvalue weighted by Gasteiger charge is -2.24. The number of carbonyl (C=O) groups is 1. The van der Waals surface area contributed by atoms with Crippen LogP contribution in [0.1, 0.15) is 33.6 Å². The predicted molar refractivity (Wildman–Crippen MR) is 97.0 cm³/mol. The Morgan fingerprint density at radius 1 is 1.50 bits per heavy atom. The lowest BCUT2D eigenvalue weighted by Crippen LogP contribution is -2.39. The van der Waals surface area contributed by atoms with Crippen LogP contribution in [0.25, 0.3) is 10.2 Å². The van der Waals surface area contributed by atoms with Crippen molar-refractivity contribution in [2.45, 2.75) is 39.7 Å². The van der Waals surface area contributed by atoms with Crippen molar-refractivity contribution in [2.75, 3.05) is 24.7 Å². The summed E-state index contributed by atoms with van der Waals surface area (Å²) in [7, 11) is 0. The summed E-state index contributed by atoms with van der Waals surface area (Å²) >= 11 is 1.53. The highest BCUT2D eigenvalue weighted by Crippen LogP contribution is 2.33. The number of benzene rings is 1. The van der Waals surface area contributed by atoms with Crippen LogP contribution in [-0.2, 0) is 9.53 Å². The molecule has 3 rings (SSSR count). The van der Waals surface area contributed by atoms with Gasteiger partial charge in [0.15, 0.2) is 5.13 Å². The molecule has 1 aromatic carbocycles. The van der Waals surface area contributed by atoms with Gasteiger partial charge in [-0.25, -0.2) is 4.98 Å². The van der Waals surface area contributed by atoms with Gasteiger partial charge in [0.2, 0.25) is 5.91 Å². The van der Waals surface area contributed by atoms with Crippen LogP contribution in [0.2, 0.25) is 0 Å². The molecule has 1 aromatic heterocycles. The van der Waals surface area contributed by atoms with E-state index in [2.05, 4.69) is 4.98 Å². The molecule has 0 spiro atoms. The second kappa shape index (κ2) is 7.49. The van der Waals surface area contributed by atoms with E-state index in [9.17, 15) is 4.79 Å². The number of ether oxygens (including phenoxy) is 2. The lowest BCUT2D eigenvalue weighted by atomic mass is 10.1. The van der Waals surface area contributed by atoms with Gasteiger partial charge in [-0.2, -0.15) is 0 Å². The zero-order valence-electron chi connectivity index (χ0n) is 14.4. The molecule has 1 fully saturated rings. The Hall–Kier alpha value is -1.66. The number of amides is 1. The molecular formula is C18H24N2O3S. The van der Waals surface area contributed by atoms with Crippen LogP contribution in [0.4, 0.5) is 5.13 Å². The fourth-order valence-electron chi connectivity index (χ4n) is 2.83. The normalized spacial score (nSPS) is 17.6. The van der Waals surface area contributed by atoms with Crippen molar-refractivity contribution < 1.29 is 14.3 Å². The number of hydrogen-bond acceptors (Lipinski definition) is 5. The van der Waals surface area contributed by atoms with Gasteiger partial charge in [0.25, 0.3) is 0 Å². The number of hydrogen-bond donors (Lipinski definition) is 0. The maximum Gasteiger partial charge on any atom is 0.231 e. The molecule has 130 valence electrons. The van der Waals surface area contributed by atoms with Gasteiger partial charge in [-0.05, 0) is 38.0 Å². The largest absolute Gasteiger partial charge is 0.494 e. The first-order valence-corrected chi connectivity index (χ1v) is 9.36. The van der Waals surface area contributed by atoms with Gasteiger partial charge in [0, 0.05) is 12.5 Å². The molecule has 0 saturated carbocycles. The Morgan fingerprint density at radius 3 is 3.00 bits per heavy atom. The van der Waals surface area contributed by atoms with Crippen LogP contribution >= 0.6 is 11.3 Å². The maximum absolute atomic E-state index is 12.7. The van der Waals surface area contributed by atoms with Crippen molar-refractivity contribution in [1.29, 1.82) is 0 Å². The Morgan fingerprint density at radius 2 is 2.33 bits per heavy atom. The quantitative estimate of drug-likeness (QED) is 0.795. The van der Waals surface area contributed by atoms with E-state index in [-0.39, 0.29) is 17.9 Å². The van der Waals surface area contributed by atoms with E-state index >= 15 is 0 Å². The molecule has 24 heavy (non-hydrogen) atoms. The summed E-state index contributed by atoms with van der Waals surface area (Å²) in [4.78, 5) is 19.2. The minimum Gasteiger partial charge on any atom is -0.494 e. The Balaban J connectivity index is 1.90. The van der Waals surface area contributed by atoms with Crippen molar-refractivity contribution in [2.24, 2.45) is 5.92 Å². The van der Waals surface area contributed by atoms with Crippen LogP contribution in [0.5, 0.6) is 5.75 Å². The predicted octanol–water partition coefficient (Wildman–Crippen LogP) is 3.86. The van der Waals surface area contributed by atoms with Gasteiger partial charge in [-0.1, -0.05) is 25.2 Å². The first kappa shape index (κ1) is 17.2. The molecule has 0 N–H and O–H groups in total. The maximum atomic E-state index is 12.7. The number of rotatable bonds is 6. The molecule has 1 unspecified atom stereocenters. The number of aromatic nitrogens is 1. The topological polar surface area (TPSA) is 51.7 Å². The van der Waals surface area contributed by atoms with Crippen LogP contribution in [0.3, 0.4) is 0 Å². The highest BCUT2D eigenvalue weighted by Gasteiger charge is 2.27. The van der Waals surface area contributed by atoms with Gasteiger partial charge in [0.1, 0.15) is 5.75 Å².